The van der Waals surface area contributed by atoms with Gasteiger partial charge in [0.05, 0.1) is 13.2 Å². The fourth-order valence-corrected chi connectivity index (χ4v) is 2.88. The van der Waals surface area contributed by atoms with Crippen LogP contribution in [-0.2, 0) is 19.1 Å². The van der Waals surface area contributed by atoms with Gasteiger partial charge in [0.15, 0.2) is 11.2 Å². The van der Waals surface area contributed by atoms with Crippen LogP contribution in [0.25, 0.3) is 12.2 Å². The number of esters is 2. The van der Waals surface area contributed by atoms with Crippen LogP contribution in [0.1, 0.15) is 52.7 Å². The third-order valence-electron chi connectivity index (χ3n) is 4.54. The van der Waals surface area contributed by atoms with Crippen LogP contribution >= 0.6 is 0 Å². The van der Waals surface area contributed by atoms with E-state index in [0.717, 1.165) is 5.56 Å². The highest BCUT2D eigenvalue weighted by molar-refractivity contribution is 5.79. The van der Waals surface area contributed by atoms with Gasteiger partial charge in [0, 0.05) is 6.07 Å². The Morgan fingerprint density at radius 1 is 0.758 bits per heavy atom. The summed E-state index contributed by atoms with van der Waals surface area (Å²) in [6.45, 7) is 10.5. The molecule has 2 aromatic rings. The van der Waals surface area contributed by atoms with Crippen LogP contribution in [0.3, 0.4) is 0 Å². The molecule has 0 saturated heterocycles. The Kier molecular flexibility index (Phi) is 8.51. The largest absolute Gasteiger partial charge is 0.508 e. The molecule has 0 aromatic heterocycles. The molecule has 33 heavy (non-hydrogen) atoms. The molecule has 0 radical (unpaired) electrons. The summed E-state index contributed by atoms with van der Waals surface area (Å²) in [7, 11) is 0. The standard InChI is InChI=1S/C26H32O7/c1-7-30-23(28)25(3,4)32-21-13-11-18(12-14-21)9-10-19-15-20(27)17-22(16-19)33-26(5,6)24(29)31-8-2/h9-17,27H,7-8H2,1-6H3/b10-9+. The van der Waals surface area contributed by atoms with Crippen LogP contribution < -0.4 is 9.47 Å². The summed E-state index contributed by atoms with van der Waals surface area (Å²) in [5.41, 5.74) is -0.719. The van der Waals surface area contributed by atoms with Crippen LogP contribution in [0.15, 0.2) is 42.5 Å². The second-order valence-electron chi connectivity index (χ2n) is 8.33. The summed E-state index contributed by atoms with van der Waals surface area (Å²) < 4.78 is 21.6. The monoisotopic (exact) mass is 456 g/mol. The van der Waals surface area contributed by atoms with Gasteiger partial charge in [0.1, 0.15) is 17.2 Å². The van der Waals surface area contributed by atoms with Crippen molar-refractivity contribution < 1.29 is 33.6 Å². The summed E-state index contributed by atoms with van der Waals surface area (Å²) in [6.07, 6.45) is 3.66. The number of hydrogen-bond acceptors (Lipinski definition) is 7. The lowest BCUT2D eigenvalue weighted by Gasteiger charge is -2.24. The number of phenolic OH excluding ortho intramolecular Hbond substituents is 1. The van der Waals surface area contributed by atoms with Gasteiger partial charge in [-0.2, -0.15) is 0 Å². The van der Waals surface area contributed by atoms with E-state index in [2.05, 4.69) is 0 Å². The summed E-state index contributed by atoms with van der Waals surface area (Å²) in [5.74, 6) is -0.0188. The van der Waals surface area contributed by atoms with E-state index in [4.69, 9.17) is 18.9 Å². The number of carbonyl (C=O) groups excluding carboxylic acids is 2. The van der Waals surface area contributed by atoms with Crippen LogP contribution in [0.2, 0.25) is 0 Å². The fourth-order valence-electron chi connectivity index (χ4n) is 2.88. The molecule has 0 unspecified atom stereocenters. The highest BCUT2D eigenvalue weighted by Gasteiger charge is 2.32. The van der Waals surface area contributed by atoms with E-state index in [1.807, 2.05) is 24.3 Å². The van der Waals surface area contributed by atoms with Crippen molar-refractivity contribution in [3.63, 3.8) is 0 Å². The van der Waals surface area contributed by atoms with Gasteiger partial charge in [0.25, 0.3) is 0 Å². The van der Waals surface area contributed by atoms with Gasteiger partial charge < -0.3 is 24.1 Å². The van der Waals surface area contributed by atoms with E-state index in [1.54, 1.807) is 65.8 Å². The van der Waals surface area contributed by atoms with E-state index in [1.165, 1.54) is 6.07 Å². The molecule has 178 valence electrons. The molecule has 0 amide bonds. The molecule has 0 aliphatic carbocycles. The highest BCUT2D eigenvalue weighted by Crippen LogP contribution is 2.27. The first kappa shape index (κ1) is 25.8. The van der Waals surface area contributed by atoms with E-state index >= 15 is 0 Å². The van der Waals surface area contributed by atoms with Crippen molar-refractivity contribution in [2.24, 2.45) is 0 Å². The molecule has 2 rings (SSSR count). The summed E-state index contributed by atoms with van der Waals surface area (Å²) in [4.78, 5) is 24.1. The molecule has 0 bridgehead atoms. The number of ether oxygens (including phenoxy) is 4. The second kappa shape index (κ2) is 10.9. The minimum Gasteiger partial charge on any atom is -0.508 e. The fraction of sp³-hybridized carbons (Fsp3) is 0.385. The van der Waals surface area contributed by atoms with Gasteiger partial charge in [-0.15, -0.1) is 0 Å². The van der Waals surface area contributed by atoms with Crippen molar-refractivity contribution in [1.29, 1.82) is 0 Å². The molecule has 7 nitrogen and oxygen atoms in total. The number of benzene rings is 2. The van der Waals surface area contributed by atoms with Crippen LogP contribution in [0, 0.1) is 0 Å². The van der Waals surface area contributed by atoms with Gasteiger partial charge in [-0.3, -0.25) is 0 Å². The number of hydrogen-bond donors (Lipinski definition) is 1. The van der Waals surface area contributed by atoms with Gasteiger partial charge in [-0.1, -0.05) is 24.3 Å². The van der Waals surface area contributed by atoms with Crippen LogP contribution in [-0.4, -0.2) is 41.5 Å². The van der Waals surface area contributed by atoms with E-state index < -0.39 is 23.1 Å². The maximum absolute atomic E-state index is 12.1. The van der Waals surface area contributed by atoms with Gasteiger partial charge in [0.2, 0.25) is 0 Å². The lowest BCUT2D eigenvalue weighted by molar-refractivity contribution is -0.159. The minimum atomic E-state index is -1.20. The van der Waals surface area contributed by atoms with Crippen LogP contribution in [0.5, 0.6) is 17.2 Å². The van der Waals surface area contributed by atoms with Crippen molar-refractivity contribution >= 4 is 24.1 Å². The molecule has 0 aliphatic rings. The number of rotatable bonds is 10. The SMILES string of the molecule is CCOC(=O)C(C)(C)Oc1ccc(/C=C/c2cc(O)cc(OC(C)(C)C(=O)OCC)c2)cc1. The first-order valence-electron chi connectivity index (χ1n) is 10.8. The third-order valence-corrected chi connectivity index (χ3v) is 4.54. The molecule has 0 spiro atoms. The Labute approximate surface area is 194 Å². The van der Waals surface area contributed by atoms with Crippen molar-refractivity contribution in [2.75, 3.05) is 13.2 Å². The molecule has 7 heteroatoms. The average molecular weight is 457 g/mol. The lowest BCUT2D eigenvalue weighted by Crippen LogP contribution is -2.39. The molecule has 0 fully saturated rings. The van der Waals surface area contributed by atoms with Crippen molar-refractivity contribution in [2.45, 2.75) is 52.7 Å². The Morgan fingerprint density at radius 3 is 1.76 bits per heavy atom. The molecule has 0 heterocycles. The Hall–Kier alpha value is -3.48. The molecule has 0 aliphatic heterocycles. The van der Waals surface area contributed by atoms with Gasteiger partial charge in [-0.05, 0) is 76.9 Å². The van der Waals surface area contributed by atoms with E-state index in [0.29, 0.717) is 17.1 Å². The molecular weight excluding hydrogens is 424 g/mol. The first-order chi connectivity index (χ1) is 15.5. The molecule has 0 saturated carbocycles. The minimum absolute atomic E-state index is 0.0109. The lowest BCUT2D eigenvalue weighted by atomic mass is 10.1. The van der Waals surface area contributed by atoms with Crippen molar-refractivity contribution in [3.8, 4) is 17.2 Å². The zero-order valence-electron chi connectivity index (χ0n) is 20.0. The van der Waals surface area contributed by atoms with E-state index in [9.17, 15) is 14.7 Å². The molecular formula is C26H32O7. The summed E-state index contributed by atoms with van der Waals surface area (Å²) in [6, 6.07) is 12.0. The topological polar surface area (TPSA) is 91.3 Å². The Balaban J connectivity index is 2.11. The number of aromatic hydroxyl groups is 1. The molecule has 0 atom stereocenters. The smallest absolute Gasteiger partial charge is 0.349 e. The Morgan fingerprint density at radius 2 is 1.24 bits per heavy atom. The predicted molar refractivity (Wildman–Crippen MR) is 126 cm³/mol. The quantitative estimate of drug-likeness (QED) is 0.397. The maximum atomic E-state index is 12.1. The first-order valence-corrected chi connectivity index (χ1v) is 10.8. The summed E-state index contributed by atoms with van der Waals surface area (Å²) in [5, 5.41) is 10.1. The van der Waals surface area contributed by atoms with Crippen LogP contribution in [0.4, 0.5) is 0 Å². The predicted octanol–water partition coefficient (Wildman–Crippen LogP) is 5.00. The summed E-state index contributed by atoms with van der Waals surface area (Å²) >= 11 is 0. The zero-order valence-corrected chi connectivity index (χ0v) is 20.0. The van der Waals surface area contributed by atoms with Crippen molar-refractivity contribution in [3.05, 3.63) is 53.6 Å². The number of phenols is 1. The maximum Gasteiger partial charge on any atom is 0.349 e. The van der Waals surface area contributed by atoms with Gasteiger partial charge in [-0.25, -0.2) is 9.59 Å². The number of carbonyl (C=O) groups is 2. The van der Waals surface area contributed by atoms with Gasteiger partial charge >= 0.3 is 11.9 Å². The molecule has 2 aromatic carbocycles. The Bertz CT molecular complexity index is 988. The normalized spacial score (nSPS) is 11.8. The zero-order chi connectivity index (χ0) is 24.6. The molecule has 1 N–H and O–H groups in total. The second-order valence-corrected chi connectivity index (χ2v) is 8.33. The average Bonchev–Trinajstić information content (AvgIpc) is 2.72. The van der Waals surface area contributed by atoms with Crippen molar-refractivity contribution in [1.82, 2.24) is 0 Å². The van der Waals surface area contributed by atoms with E-state index in [-0.39, 0.29) is 19.0 Å². The highest BCUT2D eigenvalue weighted by atomic mass is 16.6. The third kappa shape index (κ3) is 7.56.